The van der Waals surface area contributed by atoms with Crippen molar-refractivity contribution in [1.29, 1.82) is 0 Å². The predicted molar refractivity (Wildman–Crippen MR) is 132 cm³/mol. The van der Waals surface area contributed by atoms with Crippen LogP contribution in [0.4, 0.5) is 5.69 Å². The number of anilines is 1. The standard InChI is InChI=1S/C27H28N2O7/c1-4-35-20-10-8-19(9-11-20)29-25(30)17-21(26(29)31)28(27(32)23-6-5-15-36-23)14-13-18-7-12-22(33-2)24(16-18)34-3/h5-12,15-16,21H,4,13-14,17H2,1-3H3. The van der Waals surface area contributed by atoms with E-state index in [1.54, 1.807) is 50.6 Å². The van der Waals surface area contributed by atoms with Gasteiger partial charge in [0, 0.05) is 6.54 Å². The van der Waals surface area contributed by atoms with E-state index in [2.05, 4.69) is 0 Å². The van der Waals surface area contributed by atoms with Crippen LogP contribution in [0.1, 0.15) is 29.5 Å². The van der Waals surface area contributed by atoms with Crippen LogP contribution in [0.15, 0.2) is 65.3 Å². The molecule has 0 radical (unpaired) electrons. The van der Waals surface area contributed by atoms with E-state index in [0.29, 0.717) is 36.0 Å². The third-order valence-corrected chi connectivity index (χ3v) is 5.99. The Hall–Kier alpha value is -4.27. The summed E-state index contributed by atoms with van der Waals surface area (Å²) < 4.78 is 21.4. The van der Waals surface area contributed by atoms with Gasteiger partial charge in [0.1, 0.15) is 11.8 Å². The number of benzene rings is 2. The van der Waals surface area contributed by atoms with Gasteiger partial charge in [-0.15, -0.1) is 0 Å². The monoisotopic (exact) mass is 492 g/mol. The minimum Gasteiger partial charge on any atom is -0.494 e. The van der Waals surface area contributed by atoms with Gasteiger partial charge in [-0.05, 0) is 67.4 Å². The molecule has 2 aromatic carbocycles. The van der Waals surface area contributed by atoms with Crippen LogP contribution in [0, 0.1) is 0 Å². The summed E-state index contributed by atoms with van der Waals surface area (Å²) in [6.07, 6.45) is 1.70. The van der Waals surface area contributed by atoms with Gasteiger partial charge in [0.05, 0.1) is 39.2 Å². The lowest BCUT2D eigenvalue weighted by Crippen LogP contribution is -2.46. The summed E-state index contributed by atoms with van der Waals surface area (Å²) in [4.78, 5) is 42.3. The average molecular weight is 493 g/mol. The molecule has 1 fully saturated rings. The molecule has 188 valence electrons. The molecule has 0 N–H and O–H groups in total. The van der Waals surface area contributed by atoms with Gasteiger partial charge in [0.2, 0.25) is 5.91 Å². The Morgan fingerprint density at radius 1 is 1.06 bits per heavy atom. The van der Waals surface area contributed by atoms with Gasteiger partial charge < -0.3 is 23.5 Å². The number of amides is 3. The van der Waals surface area contributed by atoms with Gasteiger partial charge in [-0.25, -0.2) is 4.90 Å². The molecule has 0 bridgehead atoms. The van der Waals surface area contributed by atoms with E-state index in [1.807, 2.05) is 19.1 Å². The summed E-state index contributed by atoms with van der Waals surface area (Å²) in [6, 6.07) is 14.4. The second kappa shape index (κ2) is 11.0. The van der Waals surface area contributed by atoms with E-state index in [9.17, 15) is 14.4 Å². The van der Waals surface area contributed by atoms with E-state index >= 15 is 0 Å². The van der Waals surface area contributed by atoms with Crippen LogP contribution in [0.3, 0.4) is 0 Å². The second-order valence-electron chi connectivity index (χ2n) is 8.13. The molecule has 9 nitrogen and oxygen atoms in total. The zero-order valence-electron chi connectivity index (χ0n) is 20.4. The Morgan fingerprint density at radius 3 is 2.44 bits per heavy atom. The number of hydrogen-bond acceptors (Lipinski definition) is 7. The molecule has 1 atom stereocenters. The van der Waals surface area contributed by atoms with E-state index in [0.717, 1.165) is 10.5 Å². The molecular formula is C27H28N2O7. The first-order valence-electron chi connectivity index (χ1n) is 11.6. The van der Waals surface area contributed by atoms with E-state index in [-0.39, 0.29) is 24.6 Å². The van der Waals surface area contributed by atoms with Crippen molar-refractivity contribution in [3.63, 3.8) is 0 Å². The summed E-state index contributed by atoms with van der Waals surface area (Å²) in [5.41, 5.74) is 1.31. The molecule has 36 heavy (non-hydrogen) atoms. The molecule has 4 rings (SSSR count). The largest absolute Gasteiger partial charge is 0.494 e. The van der Waals surface area contributed by atoms with Crippen LogP contribution in [0.25, 0.3) is 0 Å². The Labute approximate surface area is 209 Å². The first kappa shape index (κ1) is 24.8. The van der Waals surface area contributed by atoms with Gasteiger partial charge in [0.15, 0.2) is 17.3 Å². The number of nitrogens with zero attached hydrogens (tertiary/aromatic N) is 2. The zero-order chi connectivity index (χ0) is 25.7. The maximum atomic E-state index is 13.5. The Bertz CT molecular complexity index is 1220. The lowest BCUT2D eigenvalue weighted by molar-refractivity contribution is -0.122. The maximum absolute atomic E-state index is 13.5. The van der Waals surface area contributed by atoms with Crippen LogP contribution < -0.4 is 19.1 Å². The summed E-state index contributed by atoms with van der Waals surface area (Å²) >= 11 is 0. The molecular weight excluding hydrogens is 464 g/mol. The van der Waals surface area contributed by atoms with Crippen molar-refractivity contribution >= 4 is 23.4 Å². The van der Waals surface area contributed by atoms with Gasteiger partial charge in [0.25, 0.3) is 11.8 Å². The molecule has 3 amide bonds. The molecule has 3 aromatic rings. The van der Waals surface area contributed by atoms with Crippen LogP contribution in [0.5, 0.6) is 17.2 Å². The fourth-order valence-electron chi connectivity index (χ4n) is 4.22. The summed E-state index contributed by atoms with van der Waals surface area (Å²) in [5, 5.41) is 0. The molecule has 2 heterocycles. The van der Waals surface area contributed by atoms with E-state index in [4.69, 9.17) is 18.6 Å². The highest BCUT2D eigenvalue weighted by molar-refractivity contribution is 6.23. The lowest BCUT2D eigenvalue weighted by atomic mass is 10.1. The highest BCUT2D eigenvalue weighted by Crippen LogP contribution is 2.30. The predicted octanol–water partition coefficient (Wildman–Crippen LogP) is 3.71. The Kier molecular flexibility index (Phi) is 7.58. The van der Waals surface area contributed by atoms with Crippen molar-refractivity contribution in [3.8, 4) is 17.2 Å². The molecule has 1 aliphatic heterocycles. The van der Waals surface area contributed by atoms with E-state index < -0.39 is 17.9 Å². The van der Waals surface area contributed by atoms with Gasteiger partial charge in [-0.2, -0.15) is 0 Å². The number of methoxy groups -OCH3 is 2. The number of ether oxygens (including phenoxy) is 3. The van der Waals surface area contributed by atoms with Crippen molar-refractivity contribution in [2.75, 3.05) is 32.3 Å². The summed E-state index contributed by atoms with van der Waals surface area (Å²) in [6.45, 7) is 2.57. The van der Waals surface area contributed by atoms with Crippen molar-refractivity contribution in [2.24, 2.45) is 0 Å². The molecule has 0 spiro atoms. The SMILES string of the molecule is CCOc1ccc(N2C(=O)CC(N(CCc3ccc(OC)c(OC)c3)C(=O)c3ccco3)C2=O)cc1. The van der Waals surface area contributed by atoms with Gasteiger partial charge in [-0.3, -0.25) is 14.4 Å². The van der Waals surface area contributed by atoms with Crippen LogP contribution in [0.2, 0.25) is 0 Å². The molecule has 0 aliphatic carbocycles. The normalized spacial score (nSPS) is 15.2. The Balaban J connectivity index is 1.58. The Morgan fingerprint density at radius 2 is 1.81 bits per heavy atom. The molecule has 1 saturated heterocycles. The highest BCUT2D eigenvalue weighted by Gasteiger charge is 2.44. The summed E-state index contributed by atoms with van der Waals surface area (Å²) in [7, 11) is 3.10. The van der Waals surface area contributed by atoms with Crippen molar-refractivity contribution in [1.82, 2.24) is 4.90 Å². The first-order chi connectivity index (χ1) is 17.5. The van der Waals surface area contributed by atoms with Crippen molar-refractivity contribution < 1.29 is 33.0 Å². The average Bonchev–Trinajstić information content (AvgIpc) is 3.53. The number of carbonyl (C=O) groups excluding carboxylic acids is 3. The number of carbonyl (C=O) groups is 3. The minimum atomic E-state index is -0.957. The van der Waals surface area contributed by atoms with Crippen LogP contribution in [-0.2, 0) is 16.0 Å². The number of imide groups is 1. The molecule has 9 heteroatoms. The van der Waals surface area contributed by atoms with Crippen molar-refractivity contribution in [2.45, 2.75) is 25.8 Å². The highest BCUT2D eigenvalue weighted by atomic mass is 16.5. The topological polar surface area (TPSA) is 98.5 Å². The number of hydrogen-bond donors (Lipinski definition) is 0. The molecule has 1 aliphatic rings. The second-order valence-corrected chi connectivity index (χ2v) is 8.13. The number of furan rings is 1. The third kappa shape index (κ3) is 5.05. The van der Waals surface area contributed by atoms with Crippen LogP contribution in [-0.4, -0.2) is 56.0 Å². The zero-order valence-corrected chi connectivity index (χ0v) is 20.4. The number of rotatable bonds is 10. The fraction of sp³-hybridized carbons (Fsp3) is 0.296. The quantitative estimate of drug-likeness (QED) is 0.398. The maximum Gasteiger partial charge on any atom is 0.290 e. The van der Waals surface area contributed by atoms with Crippen molar-refractivity contribution in [3.05, 3.63) is 72.2 Å². The minimum absolute atomic E-state index is 0.0991. The molecule has 0 saturated carbocycles. The van der Waals surface area contributed by atoms with Crippen LogP contribution >= 0.6 is 0 Å². The lowest BCUT2D eigenvalue weighted by Gasteiger charge is -2.27. The fourth-order valence-corrected chi connectivity index (χ4v) is 4.22. The summed E-state index contributed by atoms with van der Waals surface area (Å²) in [5.74, 6) is 0.595. The van der Waals surface area contributed by atoms with Gasteiger partial charge >= 0.3 is 0 Å². The van der Waals surface area contributed by atoms with Gasteiger partial charge in [-0.1, -0.05) is 6.07 Å². The third-order valence-electron chi connectivity index (χ3n) is 5.99. The molecule has 1 aromatic heterocycles. The van der Waals surface area contributed by atoms with E-state index in [1.165, 1.54) is 17.2 Å². The molecule has 1 unspecified atom stereocenters. The first-order valence-corrected chi connectivity index (χ1v) is 11.6. The smallest absolute Gasteiger partial charge is 0.290 e.